The van der Waals surface area contributed by atoms with Gasteiger partial charge in [0.15, 0.2) is 0 Å². The second-order valence-electron chi connectivity index (χ2n) is 10.3. The van der Waals surface area contributed by atoms with Crippen LogP contribution in [-0.2, 0) is 32.0 Å². The normalized spacial score (nSPS) is 10.0. The Hall–Kier alpha value is -3.36. The Morgan fingerprint density at radius 2 is 1.12 bits per heavy atom. The standard InChI is InChI=1S/C18H28N2O3.C15H20O3.2CH4/c1-2-3-12-20(13-7-10-18(22)19-23)14-11-17(21)15-16-8-5-4-6-9-16;16-14(12-13-8-4-3-5-9-13)10-6-1-2-7-11-15(17)18;;/h4-6,8-9,23H,2-3,7,10-15H2,1H3,(H,19,22);3-5,8-9H,1-2,6-7,10-12H2,(H,17,18);2*1H4. The Kier molecular flexibility index (Phi) is 26.7. The van der Waals surface area contributed by atoms with Crippen LogP contribution in [0.4, 0.5) is 0 Å². The van der Waals surface area contributed by atoms with Crippen molar-refractivity contribution >= 4 is 23.4 Å². The van der Waals surface area contributed by atoms with Crippen molar-refractivity contribution in [1.82, 2.24) is 10.4 Å². The molecule has 2 rings (SSSR count). The van der Waals surface area contributed by atoms with E-state index in [0.717, 1.165) is 62.9 Å². The quantitative estimate of drug-likeness (QED) is 0.0795. The highest BCUT2D eigenvalue weighted by Gasteiger charge is 2.10. The van der Waals surface area contributed by atoms with Crippen molar-refractivity contribution in [2.45, 2.75) is 105 Å². The van der Waals surface area contributed by atoms with E-state index in [2.05, 4.69) is 11.8 Å². The van der Waals surface area contributed by atoms with Gasteiger partial charge in [-0.2, -0.15) is 0 Å². The van der Waals surface area contributed by atoms with E-state index >= 15 is 0 Å². The van der Waals surface area contributed by atoms with Crippen LogP contribution in [0.2, 0.25) is 0 Å². The van der Waals surface area contributed by atoms with E-state index in [-0.39, 0.29) is 38.7 Å². The van der Waals surface area contributed by atoms with Crippen LogP contribution in [0.15, 0.2) is 60.7 Å². The summed E-state index contributed by atoms with van der Waals surface area (Å²) in [5, 5.41) is 17.0. The molecule has 43 heavy (non-hydrogen) atoms. The smallest absolute Gasteiger partial charge is 0.303 e. The lowest BCUT2D eigenvalue weighted by Gasteiger charge is -2.21. The predicted octanol–water partition coefficient (Wildman–Crippen LogP) is 7.07. The monoisotopic (exact) mass is 600 g/mol. The van der Waals surface area contributed by atoms with Crippen molar-refractivity contribution < 1.29 is 29.5 Å². The molecule has 0 saturated carbocycles. The Morgan fingerprint density at radius 1 is 0.628 bits per heavy atom. The van der Waals surface area contributed by atoms with E-state index in [1.807, 2.05) is 60.7 Å². The van der Waals surface area contributed by atoms with Crippen LogP contribution in [-0.4, -0.2) is 58.3 Å². The van der Waals surface area contributed by atoms with Gasteiger partial charge in [0.1, 0.15) is 11.6 Å². The third kappa shape index (κ3) is 23.8. The van der Waals surface area contributed by atoms with Crippen molar-refractivity contribution in [3.8, 4) is 0 Å². The molecule has 0 heterocycles. The molecule has 0 aliphatic heterocycles. The van der Waals surface area contributed by atoms with E-state index in [1.165, 1.54) is 0 Å². The van der Waals surface area contributed by atoms with Gasteiger partial charge in [-0.3, -0.25) is 24.4 Å². The number of aliphatic carboxylic acids is 1. The predicted molar refractivity (Wildman–Crippen MR) is 174 cm³/mol. The zero-order chi connectivity index (χ0) is 30.1. The largest absolute Gasteiger partial charge is 0.481 e. The number of rotatable bonds is 21. The van der Waals surface area contributed by atoms with Crippen molar-refractivity contribution in [2.75, 3.05) is 19.6 Å². The maximum absolute atomic E-state index is 12.1. The van der Waals surface area contributed by atoms with Gasteiger partial charge in [0.25, 0.3) is 0 Å². The molecule has 8 nitrogen and oxygen atoms in total. The fraction of sp³-hybridized carbons (Fsp3) is 0.543. The number of carboxylic acids is 1. The summed E-state index contributed by atoms with van der Waals surface area (Å²) in [5.41, 5.74) is 3.76. The number of unbranched alkanes of at least 4 members (excludes halogenated alkanes) is 4. The highest BCUT2D eigenvalue weighted by molar-refractivity contribution is 5.81. The molecule has 0 radical (unpaired) electrons. The molecule has 0 saturated heterocycles. The fourth-order valence-electron chi connectivity index (χ4n) is 4.29. The first kappa shape index (κ1) is 41.8. The van der Waals surface area contributed by atoms with E-state index in [0.29, 0.717) is 44.9 Å². The number of hydroxylamine groups is 1. The number of carbonyl (C=O) groups excluding carboxylic acids is 3. The molecule has 0 aliphatic rings. The summed E-state index contributed by atoms with van der Waals surface area (Å²) in [7, 11) is 0. The van der Waals surface area contributed by atoms with Gasteiger partial charge in [0, 0.05) is 45.1 Å². The second-order valence-corrected chi connectivity index (χ2v) is 10.3. The minimum absolute atomic E-state index is 0. The van der Waals surface area contributed by atoms with Crippen LogP contribution in [0, 0.1) is 0 Å². The number of carbonyl (C=O) groups is 4. The first-order valence-corrected chi connectivity index (χ1v) is 14.8. The number of nitrogens with one attached hydrogen (secondary N) is 1. The molecule has 1 amide bonds. The molecule has 2 aromatic carbocycles. The Labute approximate surface area is 259 Å². The molecule has 242 valence electrons. The lowest BCUT2D eigenvalue weighted by atomic mass is 10.0. The Bertz CT molecular complexity index is 998. The van der Waals surface area contributed by atoms with Crippen LogP contribution in [0.5, 0.6) is 0 Å². The van der Waals surface area contributed by atoms with Gasteiger partial charge in [-0.15, -0.1) is 0 Å². The molecule has 0 fully saturated rings. The number of ketones is 2. The minimum atomic E-state index is -0.741. The van der Waals surface area contributed by atoms with Crippen LogP contribution < -0.4 is 5.48 Å². The molecular weight excluding hydrogens is 544 g/mol. The molecule has 0 bridgehead atoms. The van der Waals surface area contributed by atoms with E-state index in [1.54, 1.807) is 5.48 Å². The average molecular weight is 601 g/mol. The first-order valence-electron chi connectivity index (χ1n) is 14.8. The van der Waals surface area contributed by atoms with Crippen molar-refractivity contribution in [1.29, 1.82) is 0 Å². The average Bonchev–Trinajstić information content (AvgIpc) is 2.97. The van der Waals surface area contributed by atoms with E-state index in [4.69, 9.17) is 10.3 Å². The fourth-order valence-corrected chi connectivity index (χ4v) is 4.29. The molecule has 0 unspecified atom stereocenters. The highest BCUT2D eigenvalue weighted by Crippen LogP contribution is 2.09. The maximum atomic E-state index is 12.1. The number of amides is 1. The summed E-state index contributed by atoms with van der Waals surface area (Å²) >= 11 is 0. The summed E-state index contributed by atoms with van der Waals surface area (Å²) in [6.07, 6.45) is 8.94. The van der Waals surface area contributed by atoms with Gasteiger partial charge >= 0.3 is 5.97 Å². The third-order valence-electron chi connectivity index (χ3n) is 6.62. The zero-order valence-electron chi connectivity index (χ0n) is 24.6. The van der Waals surface area contributed by atoms with E-state index in [9.17, 15) is 19.2 Å². The number of hydrogen-bond donors (Lipinski definition) is 3. The summed E-state index contributed by atoms with van der Waals surface area (Å²) < 4.78 is 0. The van der Waals surface area contributed by atoms with Crippen LogP contribution in [0.25, 0.3) is 0 Å². The zero-order valence-corrected chi connectivity index (χ0v) is 24.6. The second kappa shape index (κ2) is 27.5. The number of Topliss-reactive ketones (excluding diaryl/α,β-unsaturated/α-hetero) is 2. The molecule has 0 aliphatic carbocycles. The Balaban J connectivity index is 0. The SMILES string of the molecule is C.C.CCCCN(CCCC(=O)NO)CCC(=O)Cc1ccccc1.O=C(O)CCCCCCC(=O)Cc1ccccc1. The van der Waals surface area contributed by atoms with Gasteiger partial charge in [-0.1, -0.05) is 102 Å². The van der Waals surface area contributed by atoms with Crippen molar-refractivity contribution in [3.63, 3.8) is 0 Å². The van der Waals surface area contributed by atoms with E-state index < -0.39 is 5.97 Å². The molecule has 0 aromatic heterocycles. The van der Waals surface area contributed by atoms with Gasteiger partial charge in [-0.05, 0) is 49.9 Å². The lowest BCUT2D eigenvalue weighted by molar-refractivity contribution is -0.137. The van der Waals surface area contributed by atoms with Gasteiger partial charge < -0.3 is 10.0 Å². The summed E-state index contributed by atoms with van der Waals surface area (Å²) in [5.74, 6) is -0.596. The molecule has 3 N–H and O–H groups in total. The Morgan fingerprint density at radius 3 is 1.60 bits per heavy atom. The maximum Gasteiger partial charge on any atom is 0.303 e. The molecule has 0 atom stereocenters. The lowest BCUT2D eigenvalue weighted by Crippen LogP contribution is -2.30. The number of nitrogens with zero attached hydrogens (tertiary/aromatic N) is 1. The summed E-state index contributed by atoms with van der Waals surface area (Å²) in [6, 6.07) is 19.5. The molecule has 8 heteroatoms. The first-order chi connectivity index (χ1) is 19.8. The molecular formula is C35H56N2O6. The topological polar surface area (TPSA) is 124 Å². The van der Waals surface area contributed by atoms with Gasteiger partial charge in [-0.25, -0.2) is 5.48 Å². The molecule has 2 aromatic rings. The number of carboxylic acid groups (broad SMARTS) is 1. The van der Waals surface area contributed by atoms with Crippen LogP contribution in [0.3, 0.4) is 0 Å². The van der Waals surface area contributed by atoms with Crippen molar-refractivity contribution in [2.24, 2.45) is 0 Å². The minimum Gasteiger partial charge on any atom is -0.481 e. The third-order valence-corrected chi connectivity index (χ3v) is 6.62. The van der Waals surface area contributed by atoms with Crippen LogP contribution in [0.1, 0.15) is 104 Å². The summed E-state index contributed by atoms with van der Waals surface area (Å²) in [6.45, 7) is 4.58. The van der Waals surface area contributed by atoms with Crippen molar-refractivity contribution in [3.05, 3.63) is 71.8 Å². The number of benzene rings is 2. The van der Waals surface area contributed by atoms with Crippen LogP contribution >= 0.6 is 0 Å². The van der Waals surface area contributed by atoms with Gasteiger partial charge in [0.05, 0.1) is 0 Å². The van der Waals surface area contributed by atoms with Gasteiger partial charge in [0.2, 0.25) is 5.91 Å². The number of hydrogen-bond acceptors (Lipinski definition) is 6. The molecule has 0 spiro atoms. The summed E-state index contributed by atoms with van der Waals surface area (Å²) in [4.78, 5) is 47.3. The highest BCUT2D eigenvalue weighted by atomic mass is 16.5.